The lowest BCUT2D eigenvalue weighted by Crippen LogP contribution is -2.21. The molecule has 1 rings (SSSR count). The van der Waals surface area contributed by atoms with E-state index in [1.165, 1.54) is 6.07 Å². The Hall–Kier alpha value is -0.960. The third-order valence-corrected chi connectivity index (χ3v) is 2.61. The van der Waals surface area contributed by atoms with E-state index in [1.54, 1.807) is 7.05 Å². The van der Waals surface area contributed by atoms with Crippen molar-refractivity contribution in [1.82, 2.24) is 15.1 Å². The van der Waals surface area contributed by atoms with E-state index in [-0.39, 0.29) is 11.6 Å². The molecule has 0 unspecified atom stereocenters. The highest BCUT2D eigenvalue weighted by atomic mass is 32.2. The second kappa shape index (κ2) is 4.71. The molecule has 0 fully saturated rings. The van der Waals surface area contributed by atoms with Crippen molar-refractivity contribution in [3.63, 3.8) is 0 Å². The van der Waals surface area contributed by atoms with E-state index in [0.717, 1.165) is 0 Å². The molecule has 0 amide bonds. The molecule has 0 saturated carbocycles. The summed E-state index contributed by atoms with van der Waals surface area (Å²) in [6, 6.07) is 1.38. The number of nitrogens with zero attached hydrogens (tertiary/aromatic N) is 2. The number of aromatic nitrogens is 2. The molecule has 8 heteroatoms. The molecule has 1 heterocycles. The Balaban J connectivity index is 2.69. The number of nitrogens with one attached hydrogen (secondary N) is 1. The normalized spacial score (nSPS) is 12.3. The molecular formula is C7H14N4O3S. The highest BCUT2D eigenvalue weighted by Crippen LogP contribution is 2.06. The summed E-state index contributed by atoms with van der Waals surface area (Å²) in [4.78, 5) is 1.82. The molecule has 0 aromatic carbocycles. The lowest BCUT2D eigenvalue weighted by atomic mass is 10.4. The van der Waals surface area contributed by atoms with Crippen molar-refractivity contribution in [2.75, 3.05) is 20.2 Å². The maximum atomic E-state index is 10.9. The van der Waals surface area contributed by atoms with E-state index in [9.17, 15) is 8.42 Å². The summed E-state index contributed by atoms with van der Waals surface area (Å²) in [6.07, 6.45) is 0. The van der Waals surface area contributed by atoms with Crippen molar-refractivity contribution in [2.45, 2.75) is 11.6 Å². The molecule has 1 aromatic heterocycles. The van der Waals surface area contributed by atoms with Crippen LogP contribution in [-0.2, 0) is 16.6 Å². The maximum Gasteiger partial charge on any atom is 0.257 e. The van der Waals surface area contributed by atoms with Gasteiger partial charge in [-0.3, -0.25) is 10.00 Å². The van der Waals surface area contributed by atoms with Crippen LogP contribution in [-0.4, -0.2) is 48.8 Å². The zero-order valence-corrected chi connectivity index (χ0v) is 9.16. The van der Waals surface area contributed by atoms with Crippen molar-refractivity contribution in [1.29, 1.82) is 0 Å². The van der Waals surface area contributed by atoms with Gasteiger partial charge in [-0.2, -0.15) is 5.10 Å². The van der Waals surface area contributed by atoms with Gasteiger partial charge in [0.2, 0.25) is 0 Å². The van der Waals surface area contributed by atoms with Gasteiger partial charge < -0.3 is 5.11 Å². The number of hydrogen-bond donors (Lipinski definition) is 3. The van der Waals surface area contributed by atoms with Gasteiger partial charge in [0.15, 0.2) is 5.03 Å². The minimum Gasteiger partial charge on any atom is -0.395 e. The van der Waals surface area contributed by atoms with Crippen LogP contribution in [0.15, 0.2) is 11.1 Å². The standard InChI is InChI=1S/C7H14N4O3S/c1-11(2-3-12)5-6-4-7(10-9-6)15(8,13)14/h4,12H,2-3,5H2,1H3,(H,9,10)(H2,8,13,14). The molecular weight excluding hydrogens is 220 g/mol. The molecule has 7 nitrogen and oxygen atoms in total. The average Bonchev–Trinajstić information content (AvgIpc) is 2.52. The first kappa shape index (κ1) is 12.1. The van der Waals surface area contributed by atoms with Crippen LogP contribution in [0, 0.1) is 0 Å². The van der Waals surface area contributed by atoms with Crippen LogP contribution in [0.25, 0.3) is 0 Å². The fourth-order valence-electron chi connectivity index (χ4n) is 1.11. The number of aliphatic hydroxyl groups excluding tert-OH is 1. The number of likely N-dealkylation sites (N-methyl/N-ethyl adjacent to an activating group) is 1. The van der Waals surface area contributed by atoms with E-state index in [4.69, 9.17) is 10.2 Å². The Bertz CT molecular complexity index is 414. The third-order valence-electron chi connectivity index (χ3n) is 1.82. The summed E-state index contributed by atoms with van der Waals surface area (Å²) in [5, 5.41) is 19.5. The molecule has 15 heavy (non-hydrogen) atoms. The molecule has 0 atom stereocenters. The van der Waals surface area contributed by atoms with E-state index in [0.29, 0.717) is 18.8 Å². The number of aliphatic hydroxyl groups is 1. The molecule has 0 bridgehead atoms. The summed E-state index contributed by atoms with van der Waals surface area (Å²) in [5.41, 5.74) is 0.634. The van der Waals surface area contributed by atoms with Crippen LogP contribution in [0.4, 0.5) is 0 Å². The highest BCUT2D eigenvalue weighted by molar-refractivity contribution is 7.89. The van der Waals surface area contributed by atoms with Crippen molar-refractivity contribution in [3.05, 3.63) is 11.8 Å². The third kappa shape index (κ3) is 3.59. The van der Waals surface area contributed by atoms with E-state index >= 15 is 0 Å². The quantitative estimate of drug-likeness (QED) is 0.573. The van der Waals surface area contributed by atoms with Gasteiger partial charge in [0, 0.05) is 19.2 Å². The van der Waals surface area contributed by atoms with Gasteiger partial charge in [0.1, 0.15) is 0 Å². The molecule has 0 spiro atoms. The molecule has 4 N–H and O–H groups in total. The number of nitrogens with two attached hydrogens (primary N) is 1. The number of primary sulfonamides is 1. The Morgan fingerprint density at radius 3 is 2.80 bits per heavy atom. The van der Waals surface area contributed by atoms with Crippen molar-refractivity contribution in [3.8, 4) is 0 Å². The fourth-order valence-corrected chi connectivity index (χ4v) is 1.59. The first-order chi connectivity index (χ1) is 6.93. The Kier molecular flexibility index (Phi) is 3.80. The van der Waals surface area contributed by atoms with Crippen LogP contribution >= 0.6 is 0 Å². The SMILES string of the molecule is CN(CCO)Cc1cc(S(N)(=O)=O)n[nH]1. The zero-order valence-electron chi connectivity index (χ0n) is 8.34. The maximum absolute atomic E-state index is 10.9. The second-order valence-electron chi connectivity index (χ2n) is 3.24. The Labute approximate surface area is 87.9 Å². The van der Waals surface area contributed by atoms with Crippen molar-refractivity contribution < 1.29 is 13.5 Å². The topological polar surface area (TPSA) is 112 Å². The number of H-pyrrole nitrogens is 1. The van der Waals surface area contributed by atoms with E-state index in [1.807, 2.05) is 4.90 Å². The summed E-state index contributed by atoms with van der Waals surface area (Å²) >= 11 is 0. The predicted molar refractivity (Wildman–Crippen MR) is 53.4 cm³/mol. The van der Waals surface area contributed by atoms with E-state index < -0.39 is 10.0 Å². The second-order valence-corrected chi connectivity index (χ2v) is 4.75. The van der Waals surface area contributed by atoms with Crippen molar-refractivity contribution >= 4 is 10.0 Å². The number of hydrogen-bond acceptors (Lipinski definition) is 5. The summed E-state index contributed by atoms with van der Waals surface area (Å²) in [5.74, 6) is 0. The molecule has 0 radical (unpaired) electrons. The van der Waals surface area contributed by atoms with Crippen LogP contribution in [0.2, 0.25) is 0 Å². The smallest absolute Gasteiger partial charge is 0.257 e. The van der Waals surface area contributed by atoms with Gasteiger partial charge in [-0.15, -0.1) is 0 Å². The van der Waals surface area contributed by atoms with Gasteiger partial charge in [-0.25, -0.2) is 13.6 Å². The summed E-state index contributed by atoms with van der Waals surface area (Å²) < 4.78 is 21.8. The monoisotopic (exact) mass is 234 g/mol. The Morgan fingerprint density at radius 1 is 1.67 bits per heavy atom. The molecule has 0 saturated heterocycles. The fraction of sp³-hybridized carbons (Fsp3) is 0.571. The largest absolute Gasteiger partial charge is 0.395 e. The Morgan fingerprint density at radius 2 is 2.33 bits per heavy atom. The molecule has 0 aliphatic carbocycles. The minimum atomic E-state index is -3.74. The van der Waals surface area contributed by atoms with Crippen LogP contribution in [0.5, 0.6) is 0 Å². The van der Waals surface area contributed by atoms with Gasteiger partial charge in [0.05, 0.1) is 12.3 Å². The van der Waals surface area contributed by atoms with Crippen LogP contribution in [0.3, 0.4) is 0 Å². The predicted octanol–water partition coefficient (Wildman–Crippen LogP) is -1.52. The molecule has 0 aliphatic heterocycles. The average molecular weight is 234 g/mol. The number of aromatic amines is 1. The van der Waals surface area contributed by atoms with Crippen molar-refractivity contribution in [2.24, 2.45) is 5.14 Å². The van der Waals surface area contributed by atoms with Crippen LogP contribution < -0.4 is 5.14 Å². The lowest BCUT2D eigenvalue weighted by Gasteiger charge is -2.12. The van der Waals surface area contributed by atoms with Gasteiger partial charge in [0.25, 0.3) is 10.0 Å². The zero-order chi connectivity index (χ0) is 11.5. The first-order valence-corrected chi connectivity index (χ1v) is 5.84. The lowest BCUT2D eigenvalue weighted by molar-refractivity contribution is 0.216. The van der Waals surface area contributed by atoms with Gasteiger partial charge in [-0.05, 0) is 7.05 Å². The van der Waals surface area contributed by atoms with Gasteiger partial charge in [-0.1, -0.05) is 0 Å². The minimum absolute atomic E-state index is 0.0483. The molecule has 86 valence electrons. The molecule has 0 aliphatic rings. The number of sulfonamides is 1. The van der Waals surface area contributed by atoms with E-state index in [2.05, 4.69) is 10.2 Å². The molecule has 1 aromatic rings. The van der Waals surface area contributed by atoms with Crippen LogP contribution in [0.1, 0.15) is 5.69 Å². The highest BCUT2D eigenvalue weighted by Gasteiger charge is 2.12. The van der Waals surface area contributed by atoms with Gasteiger partial charge >= 0.3 is 0 Å². The summed E-state index contributed by atoms with van der Waals surface area (Å²) in [7, 11) is -1.94. The first-order valence-electron chi connectivity index (χ1n) is 4.30. The number of rotatable bonds is 5. The summed E-state index contributed by atoms with van der Waals surface area (Å²) in [6.45, 7) is 1.03.